The van der Waals surface area contributed by atoms with Crippen molar-refractivity contribution in [3.63, 3.8) is 0 Å². The van der Waals surface area contributed by atoms with E-state index in [4.69, 9.17) is 4.74 Å². The van der Waals surface area contributed by atoms with Gasteiger partial charge < -0.3 is 15.0 Å². The Labute approximate surface area is 204 Å². The van der Waals surface area contributed by atoms with Crippen molar-refractivity contribution in [1.82, 2.24) is 10.2 Å². The van der Waals surface area contributed by atoms with Crippen LogP contribution in [-0.4, -0.2) is 41.2 Å². The van der Waals surface area contributed by atoms with Crippen molar-refractivity contribution in [3.05, 3.63) is 59.2 Å². The number of anilines is 1. The van der Waals surface area contributed by atoms with Crippen LogP contribution in [0.3, 0.4) is 0 Å². The van der Waals surface area contributed by atoms with Crippen molar-refractivity contribution in [1.29, 1.82) is 0 Å². The van der Waals surface area contributed by atoms with Crippen LogP contribution in [0.2, 0.25) is 0 Å². The van der Waals surface area contributed by atoms with Gasteiger partial charge >= 0.3 is 0 Å². The first-order valence-corrected chi connectivity index (χ1v) is 12.3. The highest BCUT2D eigenvalue weighted by molar-refractivity contribution is 6.08. The quantitative estimate of drug-likeness (QED) is 0.621. The molecule has 2 heterocycles. The molecule has 5 rings (SSSR count). The van der Waals surface area contributed by atoms with Gasteiger partial charge in [0.2, 0.25) is 11.8 Å². The van der Waals surface area contributed by atoms with E-state index in [2.05, 4.69) is 10.6 Å². The minimum Gasteiger partial charge on any atom is -0.493 e. The lowest BCUT2D eigenvalue weighted by atomic mass is 9.90. The number of carbonyl (C=O) groups excluding carboxylic acids is 4. The second-order valence-electron chi connectivity index (χ2n) is 9.53. The van der Waals surface area contributed by atoms with E-state index in [0.717, 1.165) is 5.75 Å². The maximum absolute atomic E-state index is 13.0. The number of carbonyl (C=O) groups is 4. The molecule has 2 aliphatic heterocycles. The Kier molecular flexibility index (Phi) is 6.53. The molecule has 1 aliphatic carbocycles. The van der Waals surface area contributed by atoms with Crippen LogP contribution >= 0.6 is 0 Å². The Morgan fingerprint density at radius 3 is 2.51 bits per heavy atom. The van der Waals surface area contributed by atoms with Crippen LogP contribution in [0.1, 0.15) is 71.2 Å². The van der Waals surface area contributed by atoms with Gasteiger partial charge in [0, 0.05) is 35.3 Å². The number of nitrogens with zero attached hydrogens (tertiary/aromatic N) is 1. The molecule has 0 aromatic heterocycles. The zero-order valence-electron chi connectivity index (χ0n) is 19.5. The van der Waals surface area contributed by atoms with Gasteiger partial charge in [-0.15, -0.1) is 0 Å². The monoisotopic (exact) mass is 475 g/mol. The van der Waals surface area contributed by atoms with Gasteiger partial charge in [-0.2, -0.15) is 0 Å². The first kappa shape index (κ1) is 23.1. The molecule has 3 aliphatic rings. The lowest BCUT2D eigenvalue weighted by Crippen LogP contribution is -2.52. The molecule has 0 radical (unpaired) electrons. The van der Waals surface area contributed by atoms with Crippen LogP contribution in [0.4, 0.5) is 5.69 Å². The van der Waals surface area contributed by atoms with Gasteiger partial charge in [0.25, 0.3) is 11.8 Å². The number of amides is 4. The molecule has 1 unspecified atom stereocenters. The summed E-state index contributed by atoms with van der Waals surface area (Å²) in [6.07, 6.45) is 6.77. The lowest BCUT2D eigenvalue weighted by molar-refractivity contribution is -0.136. The van der Waals surface area contributed by atoms with E-state index in [1.165, 1.54) is 37.0 Å². The van der Waals surface area contributed by atoms with Crippen molar-refractivity contribution < 1.29 is 23.9 Å². The SMILES string of the molecule is O=C1CCC(N2Cc3c(NC(=O)c4ccc(OCC5CCCCC5)cc4)cccc3C2=O)C(=O)N1. The number of hydrogen-bond donors (Lipinski definition) is 2. The summed E-state index contributed by atoms with van der Waals surface area (Å²) in [5.41, 5.74) is 2.15. The molecule has 2 aromatic rings. The first-order chi connectivity index (χ1) is 17.0. The molecule has 1 atom stereocenters. The van der Waals surface area contributed by atoms with Gasteiger partial charge in [0.05, 0.1) is 6.61 Å². The zero-order valence-corrected chi connectivity index (χ0v) is 19.5. The normalized spacial score (nSPS) is 20.4. The first-order valence-electron chi connectivity index (χ1n) is 12.3. The number of imide groups is 1. The highest BCUT2D eigenvalue weighted by Crippen LogP contribution is 2.32. The fourth-order valence-electron chi connectivity index (χ4n) is 5.17. The molecule has 35 heavy (non-hydrogen) atoms. The smallest absolute Gasteiger partial charge is 0.255 e. The van der Waals surface area contributed by atoms with Crippen molar-refractivity contribution in [2.45, 2.75) is 57.5 Å². The zero-order chi connectivity index (χ0) is 24.4. The van der Waals surface area contributed by atoms with Gasteiger partial charge in [-0.1, -0.05) is 25.3 Å². The standard InChI is InChI=1S/C27H29N3O5/c31-24-14-13-23(26(33)29-24)30-15-21-20(27(30)34)7-4-8-22(21)28-25(32)18-9-11-19(12-10-18)35-16-17-5-2-1-3-6-17/h4,7-12,17,23H,1-3,5-6,13-16H2,(H,28,32)(H,29,31,33). The third-order valence-electron chi connectivity index (χ3n) is 7.16. The lowest BCUT2D eigenvalue weighted by Gasteiger charge is -2.29. The van der Waals surface area contributed by atoms with Crippen LogP contribution < -0.4 is 15.4 Å². The topological polar surface area (TPSA) is 105 Å². The van der Waals surface area contributed by atoms with Crippen molar-refractivity contribution >= 4 is 29.3 Å². The van der Waals surface area contributed by atoms with Gasteiger partial charge in [-0.25, -0.2) is 0 Å². The molecule has 4 amide bonds. The summed E-state index contributed by atoms with van der Waals surface area (Å²) >= 11 is 0. The molecule has 1 saturated heterocycles. The number of ether oxygens (including phenoxy) is 1. The van der Waals surface area contributed by atoms with Crippen molar-refractivity contribution in [2.24, 2.45) is 5.92 Å². The number of nitrogens with one attached hydrogen (secondary N) is 2. The molecule has 182 valence electrons. The molecular formula is C27H29N3O5. The number of rotatable bonds is 6. The van der Waals surface area contributed by atoms with Crippen LogP contribution in [0, 0.1) is 5.92 Å². The van der Waals surface area contributed by atoms with Gasteiger partial charge in [-0.3, -0.25) is 24.5 Å². The number of benzene rings is 2. The molecule has 2 N–H and O–H groups in total. The molecule has 1 saturated carbocycles. The average Bonchev–Trinajstić information content (AvgIpc) is 3.21. The van der Waals surface area contributed by atoms with Gasteiger partial charge in [0.15, 0.2) is 0 Å². The van der Waals surface area contributed by atoms with Gasteiger partial charge in [0.1, 0.15) is 11.8 Å². The van der Waals surface area contributed by atoms with E-state index in [9.17, 15) is 19.2 Å². The summed E-state index contributed by atoms with van der Waals surface area (Å²) in [6.45, 7) is 0.907. The Morgan fingerprint density at radius 2 is 1.77 bits per heavy atom. The summed E-state index contributed by atoms with van der Waals surface area (Å²) in [5.74, 6) is 0.00862. The summed E-state index contributed by atoms with van der Waals surface area (Å²) in [6, 6.07) is 11.5. The average molecular weight is 476 g/mol. The van der Waals surface area contributed by atoms with E-state index in [-0.39, 0.29) is 30.7 Å². The molecule has 2 fully saturated rings. The molecule has 2 aromatic carbocycles. The maximum Gasteiger partial charge on any atom is 0.255 e. The number of hydrogen-bond acceptors (Lipinski definition) is 5. The Bertz CT molecular complexity index is 1150. The van der Waals surface area contributed by atoms with Crippen LogP contribution in [0.5, 0.6) is 5.75 Å². The Balaban J connectivity index is 1.24. The second-order valence-corrected chi connectivity index (χ2v) is 9.53. The van der Waals surface area contributed by atoms with Crippen LogP contribution in [-0.2, 0) is 16.1 Å². The van der Waals surface area contributed by atoms with Crippen molar-refractivity contribution in [3.8, 4) is 5.75 Å². The van der Waals surface area contributed by atoms with Crippen LogP contribution in [0.25, 0.3) is 0 Å². The fourth-order valence-corrected chi connectivity index (χ4v) is 5.17. The third kappa shape index (κ3) is 4.92. The highest BCUT2D eigenvalue weighted by atomic mass is 16.5. The maximum atomic E-state index is 13.0. The number of fused-ring (bicyclic) bond motifs is 1. The van der Waals surface area contributed by atoms with E-state index < -0.39 is 11.9 Å². The Morgan fingerprint density at radius 1 is 1.00 bits per heavy atom. The summed E-state index contributed by atoms with van der Waals surface area (Å²) in [4.78, 5) is 51.2. The third-order valence-corrected chi connectivity index (χ3v) is 7.16. The van der Waals surface area contributed by atoms with Crippen molar-refractivity contribution in [2.75, 3.05) is 11.9 Å². The highest BCUT2D eigenvalue weighted by Gasteiger charge is 2.40. The molecule has 8 heteroatoms. The minimum atomic E-state index is -0.697. The Hall–Kier alpha value is -3.68. The van der Waals surface area contributed by atoms with E-state index in [0.29, 0.717) is 41.3 Å². The largest absolute Gasteiger partial charge is 0.493 e. The fraction of sp³-hybridized carbons (Fsp3) is 0.407. The summed E-state index contributed by atoms with van der Waals surface area (Å²) in [5, 5.41) is 5.21. The number of piperidine rings is 1. The molecule has 0 bridgehead atoms. The summed E-state index contributed by atoms with van der Waals surface area (Å²) in [7, 11) is 0. The van der Waals surface area contributed by atoms with Gasteiger partial charge in [-0.05, 0) is 61.6 Å². The predicted octanol–water partition coefficient (Wildman–Crippen LogP) is 3.66. The summed E-state index contributed by atoms with van der Waals surface area (Å²) < 4.78 is 5.93. The minimum absolute atomic E-state index is 0.195. The van der Waals surface area contributed by atoms with Crippen LogP contribution in [0.15, 0.2) is 42.5 Å². The molecular weight excluding hydrogens is 446 g/mol. The second kappa shape index (κ2) is 9.90. The van der Waals surface area contributed by atoms with E-state index >= 15 is 0 Å². The predicted molar refractivity (Wildman–Crippen MR) is 129 cm³/mol. The molecule has 8 nitrogen and oxygen atoms in total. The molecule has 0 spiro atoms. The van der Waals surface area contributed by atoms with E-state index in [1.807, 2.05) is 0 Å². The van der Waals surface area contributed by atoms with E-state index in [1.54, 1.807) is 42.5 Å².